The lowest BCUT2D eigenvalue weighted by Crippen LogP contribution is -2.42. The van der Waals surface area contributed by atoms with Crippen molar-refractivity contribution in [1.82, 2.24) is 5.32 Å². The molecule has 0 saturated carbocycles. The van der Waals surface area contributed by atoms with E-state index in [0.717, 1.165) is 30.9 Å². The standard InChI is InChI=1S/C18H29NO2/c1-6-18(5)11-16(19-12-13(3)4)15-10-14(20-7-2)8-9-17(15)21-18/h8-10,13,16,19H,6-7,11-12H2,1-5H3. The molecular weight excluding hydrogens is 262 g/mol. The maximum absolute atomic E-state index is 6.24. The van der Waals surface area contributed by atoms with Crippen LogP contribution in [0.5, 0.6) is 11.5 Å². The molecule has 1 aliphatic heterocycles. The van der Waals surface area contributed by atoms with Gasteiger partial charge in [0.05, 0.1) is 6.61 Å². The number of rotatable bonds is 6. The zero-order valence-electron chi connectivity index (χ0n) is 14.0. The van der Waals surface area contributed by atoms with Crippen molar-refractivity contribution in [2.75, 3.05) is 13.2 Å². The highest BCUT2D eigenvalue weighted by Crippen LogP contribution is 2.42. The molecule has 3 heteroatoms. The van der Waals surface area contributed by atoms with Gasteiger partial charge in [-0.3, -0.25) is 0 Å². The number of hydrogen-bond acceptors (Lipinski definition) is 3. The van der Waals surface area contributed by atoms with Crippen LogP contribution in [-0.2, 0) is 0 Å². The molecule has 0 aliphatic carbocycles. The molecule has 0 bridgehead atoms. The molecule has 0 amide bonds. The number of ether oxygens (including phenoxy) is 2. The fourth-order valence-electron chi connectivity index (χ4n) is 2.77. The summed E-state index contributed by atoms with van der Waals surface area (Å²) in [5.74, 6) is 2.56. The maximum Gasteiger partial charge on any atom is 0.125 e. The van der Waals surface area contributed by atoms with Crippen LogP contribution in [0.15, 0.2) is 18.2 Å². The van der Waals surface area contributed by atoms with Crippen molar-refractivity contribution in [3.63, 3.8) is 0 Å². The van der Waals surface area contributed by atoms with Crippen LogP contribution in [0.4, 0.5) is 0 Å². The van der Waals surface area contributed by atoms with Crippen LogP contribution in [0.2, 0.25) is 0 Å². The molecule has 2 rings (SSSR count). The van der Waals surface area contributed by atoms with E-state index in [-0.39, 0.29) is 5.60 Å². The lowest BCUT2D eigenvalue weighted by atomic mass is 9.86. The van der Waals surface area contributed by atoms with Crippen LogP contribution in [0.25, 0.3) is 0 Å². The molecule has 21 heavy (non-hydrogen) atoms. The second kappa shape index (κ2) is 6.69. The Kier molecular flexibility index (Phi) is 5.15. The number of hydrogen-bond donors (Lipinski definition) is 1. The summed E-state index contributed by atoms with van der Waals surface area (Å²) >= 11 is 0. The Morgan fingerprint density at radius 2 is 2.14 bits per heavy atom. The van der Waals surface area contributed by atoms with Crippen molar-refractivity contribution >= 4 is 0 Å². The van der Waals surface area contributed by atoms with E-state index in [9.17, 15) is 0 Å². The third kappa shape index (κ3) is 3.91. The van der Waals surface area contributed by atoms with Crippen LogP contribution >= 0.6 is 0 Å². The molecule has 3 nitrogen and oxygen atoms in total. The zero-order chi connectivity index (χ0) is 15.5. The lowest BCUT2D eigenvalue weighted by Gasteiger charge is -2.40. The first-order valence-electron chi connectivity index (χ1n) is 8.16. The average Bonchev–Trinajstić information content (AvgIpc) is 2.45. The second-order valence-corrected chi connectivity index (χ2v) is 6.60. The Morgan fingerprint density at radius 1 is 1.38 bits per heavy atom. The topological polar surface area (TPSA) is 30.5 Å². The summed E-state index contributed by atoms with van der Waals surface area (Å²) in [6.07, 6.45) is 2.01. The molecule has 2 unspecified atom stereocenters. The van der Waals surface area contributed by atoms with Crippen molar-refractivity contribution in [2.24, 2.45) is 5.92 Å². The van der Waals surface area contributed by atoms with Gasteiger partial charge in [-0.2, -0.15) is 0 Å². The maximum atomic E-state index is 6.24. The van der Waals surface area contributed by atoms with E-state index in [1.165, 1.54) is 5.56 Å². The predicted octanol–water partition coefficient (Wildman–Crippen LogP) is 4.32. The highest BCUT2D eigenvalue weighted by atomic mass is 16.5. The molecule has 1 aliphatic rings. The molecular formula is C18H29NO2. The van der Waals surface area contributed by atoms with Crippen LogP contribution in [0, 0.1) is 5.92 Å². The minimum atomic E-state index is -0.0885. The van der Waals surface area contributed by atoms with E-state index in [2.05, 4.69) is 45.1 Å². The third-order valence-corrected chi connectivity index (χ3v) is 4.18. The van der Waals surface area contributed by atoms with E-state index in [0.29, 0.717) is 18.6 Å². The summed E-state index contributed by atoms with van der Waals surface area (Å²) in [6, 6.07) is 6.52. The number of nitrogens with one attached hydrogen (secondary N) is 1. The predicted molar refractivity (Wildman–Crippen MR) is 87.1 cm³/mol. The van der Waals surface area contributed by atoms with Gasteiger partial charge in [0, 0.05) is 18.0 Å². The van der Waals surface area contributed by atoms with Gasteiger partial charge in [-0.1, -0.05) is 20.8 Å². The summed E-state index contributed by atoms with van der Waals surface area (Å²) in [7, 11) is 0. The fraction of sp³-hybridized carbons (Fsp3) is 0.667. The van der Waals surface area contributed by atoms with Gasteiger partial charge in [-0.05, 0) is 50.9 Å². The molecule has 0 saturated heterocycles. The largest absolute Gasteiger partial charge is 0.494 e. The van der Waals surface area contributed by atoms with Crippen LogP contribution in [0.3, 0.4) is 0 Å². The van der Waals surface area contributed by atoms with Gasteiger partial charge in [0.2, 0.25) is 0 Å². The van der Waals surface area contributed by atoms with E-state index >= 15 is 0 Å². The lowest BCUT2D eigenvalue weighted by molar-refractivity contribution is 0.0436. The second-order valence-electron chi connectivity index (χ2n) is 6.60. The minimum Gasteiger partial charge on any atom is -0.494 e. The molecule has 1 heterocycles. The van der Waals surface area contributed by atoms with Crippen LogP contribution in [-0.4, -0.2) is 18.8 Å². The van der Waals surface area contributed by atoms with Crippen molar-refractivity contribution in [2.45, 2.75) is 59.1 Å². The fourth-order valence-corrected chi connectivity index (χ4v) is 2.77. The number of benzene rings is 1. The molecule has 0 aromatic heterocycles. The van der Waals surface area contributed by atoms with Gasteiger partial charge in [0.15, 0.2) is 0 Å². The van der Waals surface area contributed by atoms with Gasteiger partial charge in [0.1, 0.15) is 17.1 Å². The van der Waals surface area contributed by atoms with Gasteiger partial charge in [-0.25, -0.2) is 0 Å². The average molecular weight is 291 g/mol. The van der Waals surface area contributed by atoms with Crippen molar-refractivity contribution in [3.8, 4) is 11.5 Å². The molecule has 2 atom stereocenters. The Morgan fingerprint density at radius 3 is 2.76 bits per heavy atom. The Labute approximate surface area is 129 Å². The molecule has 0 fully saturated rings. The van der Waals surface area contributed by atoms with E-state index < -0.39 is 0 Å². The van der Waals surface area contributed by atoms with E-state index in [1.54, 1.807) is 0 Å². The summed E-state index contributed by atoms with van der Waals surface area (Å²) in [4.78, 5) is 0. The third-order valence-electron chi connectivity index (χ3n) is 4.18. The Balaban J connectivity index is 2.28. The first-order chi connectivity index (χ1) is 9.97. The first kappa shape index (κ1) is 16.2. The van der Waals surface area contributed by atoms with Crippen molar-refractivity contribution in [1.29, 1.82) is 0 Å². The molecule has 1 N–H and O–H groups in total. The quantitative estimate of drug-likeness (QED) is 0.846. The molecule has 1 aromatic carbocycles. The highest BCUT2D eigenvalue weighted by molar-refractivity contribution is 5.44. The SMILES string of the molecule is CCOc1ccc2c(c1)C(NCC(C)C)CC(C)(CC)O2. The monoisotopic (exact) mass is 291 g/mol. The van der Waals surface area contributed by atoms with Crippen molar-refractivity contribution < 1.29 is 9.47 Å². The van der Waals surface area contributed by atoms with Gasteiger partial charge in [-0.15, -0.1) is 0 Å². The summed E-state index contributed by atoms with van der Waals surface area (Å²) in [6.45, 7) is 12.6. The van der Waals surface area contributed by atoms with E-state index in [4.69, 9.17) is 9.47 Å². The Bertz CT molecular complexity index is 472. The minimum absolute atomic E-state index is 0.0885. The molecule has 0 radical (unpaired) electrons. The van der Waals surface area contributed by atoms with E-state index in [1.807, 2.05) is 13.0 Å². The van der Waals surface area contributed by atoms with Gasteiger partial charge < -0.3 is 14.8 Å². The highest BCUT2D eigenvalue weighted by Gasteiger charge is 2.36. The van der Waals surface area contributed by atoms with Gasteiger partial charge >= 0.3 is 0 Å². The van der Waals surface area contributed by atoms with Crippen LogP contribution in [0.1, 0.15) is 59.1 Å². The summed E-state index contributed by atoms with van der Waals surface area (Å²) in [5, 5.41) is 3.70. The normalized spacial score (nSPS) is 24.6. The molecule has 118 valence electrons. The molecule has 0 spiro atoms. The Hall–Kier alpha value is -1.22. The summed E-state index contributed by atoms with van der Waals surface area (Å²) in [5.41, 5.74) is 1.14. The smallest absolute Gasteiger partial charge is 0.125 e. The van der Waals surface area contributed by atoms with Gasteiger partial charge in [0.25, 0.3) is 0 Å². The zero-order valence-corrected chi connectivity index (χ0v) is 14.0. The summed E-state index contributed by atoms with van der Waals surface area (Å²) < 4.78 is 11.9. The molecule has 1 aromatic rings. The van der Waals surface area contributed by atoms with Crippen molar-refractivity contribution in [3.05, 3.63) is 23.8 Å². The first-order valence-corrected chi connectivity index (χ1v) is 8.16. The van der Waals surface area contributed by atoms with Crippen LogP contribution < -0.4 is 14.8 Å². The number of fused-ring (bicyclic) bond motifs is 1.